The molecular weight excluding hydrogens is 216 g/mol. The molecule has 0 aliphatic heterocycles. The number of carbonyl (C=O) groups excluding carboxylic acids is 1. The zero-order valence-electron chi connectivity index (χ0n) is 11.7. The number of aliphatic hydroxyl groups excluding tert-OH is 1. The summed E-state index contributed by atoms with van der Waals surface area (Å²) in [5, 5.41) is 9.79. The molecule has 0 aromatic rings. The average Bonchev–Trinajstić information content (AvgIpc) is 2.20. The van der Waals surface area contributed by atoms with Crippen LogP contribution in [0.15, 0.2) is 12.2 Å². The Morgan fingerprint density at radius 3 is 2.35 bits per heavy atom. The molecule has 3 nitrogen and oxygen atoms in total. The van der Waals surface area contributed by atoms with Gasteiger partial charge < -0.3 is 9.84 Å². The third kappa shape index (κ3) is 7.97. The highest BCUT2D eigenvalue weighted by Gasteiger charge is 2.16. The van der Waals surface area contributed by atoms with Gasteiger partial charge in [0.05, 0.1) is 6.10 Å². The summed E-state index contributed by atoms with van der Waals surface area (Å²) in [6.07, 6.45) is 5.39. The van der Waals surface area contributed by atoms with Crippen LogP contribution in [0.3, 0.4) is 0 Å². The summed E-state index contributed by atoms with van der Waals surface area (Å²) < 4.78 is 5.17. The summed E-state index contributed by atoms with van der Waals surface area (Å²) in [4.78, 5) is 11.5. The normalized spacial score (nSPS) is 15.9. The minimum absolute atomic E-state index is 0.0394. The molecule has 1 N–H and O–H groups in total. The van der Waals surface area contributed by atoms with Crippen LogP contribution in [0, 0.1) is 5.92 Å². The molecule has 0 aliphatic rings. The van der Waals surface area contributed by atoms with Gasteiger partial charge >= 0.3 is 5.97 Å². The molecule has 0 heterocycles. The molecule has 0 aromatic carbocycles. The lowest BCUT2D eigenvalue weighted by Gasteiger charge is -2.19. The third-order valence-electron chi connectivity index (χ3n) is 2.42. The van der Waals surface area contributed by atoms with Gasteiger partial charge in [-0.25, -0.2) is 4.79 Å². The minimum atomic E-state index is -0.467. The van der Waals surface area contributed by atoms with E-state index in [1.807, 2.05) is 27.7 Å². The summed E-state index contributed by atoms with van der Waals surface area (Å²) in [7, 11) is 0. The van der Waals surface area contributed by atoms with Crippen LogP contribution in [-0.4, -0.2) is 22.8 Å². The van der Waals surface area contributed by atoms with Crippen LogP contribution in [0.5, 0.6) is 0 Å². The van der Waals surface area contributed by atoms with Crippen LogP contribution in [0.2, 0.25) is 0 Å². The molecule has 100 valence electrons. The van der Waals surface area contributed by atoms with E-state index in [9.17, 15) is 9.90 Å². The van der Waals surface area contributed by atoms with Crippen molar-refractivity contribution < 1.29 is 14.6 Å². The molecular formula is C14H26O3. The van der Waals surface area contributed by atoms with E-state index in [2.05, 4.69) is 6.92 Å². The van der Waals surface area contributed by atoms with Crippen LogP contribution in [0.1, 0.15) is 53.9 Å². The fourth-order valence-electron chi connectivity index (χ4n) is 1.59. The number of esters is 1. The van der Waals surface area contributed by atoms with Crippen LogP contribution in [0.4, 0.5) is 0 Å². The average molecular weight is 242 g/mol. The Balaban J connectivity index is 4.38. The van der Waals surface area contributed by atoms with E-state index < -0.39 is 5.60 Å². The van der Waals surface area contributed by atoms with Gasteiger partial charge in [0, 0.05) is 12.0 Å². The van der Waals surface area contributed by atoms with Crippen molar-refractivity contribution in [3.05, 3.63) is 12.2 Å². The predicted molar refractivity (Wildman–Crippen MR) is 69.7 cm³/mol. The van der Waals surface area contributed by atoms with Crippen LogP contribution >= 0.6 is 0 Å². The second-order valence-corrected chi connectivity index (χ2v) is 5.32. The Kier molecular flexibility index (Phi) is 7.12. The van der Waals surface area contributed by atoms with Crippen LogP contribution in [-0.2, 0) is 9.53 Å². The largest absolute Gasteiger partial charge is 0.457 e. The van der Waals surface area contributed by atoms with Crippen LogP contribution in [0.25, 0.3) is 0 Å². The first kappa shape index (κ1) is 16.2. The Bertz CT molecular complexity index is 251. The highest BCUT2D eigenvalue weighted by atomic mass is 16.6. The number of hydrogen-bond acceptors (Lipinski definition) is 3. The number of aliphatic hydroxyl groups is 1. The summed E-state index contributed by atoms with van der Waals surface area (Å²) in [5.41, 5.74) is -0.467. The first-order chi connectivity index (χ1) is 7.80. The molecule has 0 saturated carbocycles. The molecule has 0 rings (SSSR count). The van der Waals surface area contributed by atoms with Gasteiger partial charge in [0.25, 0.3) is 0 Å². The Morgan fingerprint density at radius 1 is 1.35 bits per heavy atom. The Hall–Kier alpha value is -0.830. The summed E-state index contributed by atoms with van der Waals surface area (Å²) in [6, 6.07) is 0. The smallest absolute Gasteiger partial charge is 0.330 e. The van der Waals surface area contributed by atoms with Crippen LogP contribution < -0.4 is 0 Å². The Morgan fingerprint density at radius 2 is 1.94 bits per heavy atom. The molecule has 0 saturated heterocycles. The maximum absolute atomic E-state index is 11.5. The van der Waals surface area contributed by atoms with Gasteiger partial charge in [0.1, 0.15) is 5.60 Å². The van der Waals surface area contributed by atoms with Crippen molar-refractivity contribution in [1.29, 1.82) is 0 Å². The fraction of sp³-hybridized carbons (Fsp3) is 0.786. The maximum Gasteiger partial charge on any atom is 0.330 e. The van der Waals surface area contributed by atoms with Crippen molar-refractivity contribution in [3.63, 3.8) is 0 Å². The van der Waals surface area contributed by atoms with E-state index in [1.165, 1.54) is 6.08 Å². The lowest BCUT2D eigenvalue weighted by atomic mass is 9.95. The zero-order chi connectivity index (χ0) is 13.5. The fourth-order valence-corrected chi connectivity index (χ4v) is 1.59. The van der Waals surface area contributed by atoms with E-state index in [0.717, 1.165) is 12.8 Å². The summed E-state index contributed by atoms with van der Waals surface area (Å²) >= 11 is 0. The van der Waals surface area contributed by atoms with Crippen molar-refractivity contribution in [3.8, 4) is 0 Å². The lowest BCUT2D eigenvalue weighted by molar-refractivity contribution is -0.148. The van der Waals surface area contributed by atoms with Gasteiger partial charge in [-0.15, -0.1) is 0 Å². The number of carbonyl (C=O) groups is 1. The predicted octanol–water partition coefficient (Wildman–Crippen LogP) is 3.07. The first-order valence-corrected chi connectivity index (χ1v) is 6.39. The molecule has 0 aromatic heterocycles. The maximum atomic E-state index is 11.5. The quantitative estimate of drug-likeness (QED) is 0.575. The second-order valence-electron chi connectivity index (χ2n) is 5.32. The molecule has 0 bridgehead atoms. The number of rotatable bonds is 6. The summed E-state index contributed by atoms with van der Waals surface area (Å²) in [6.45, 7) is 9.51. The van der Waals surface area contributed by atoms with Gasteiger partial charge in [-0.3, -0.25) is 0 Å². The topological polar surface area (TPSA) is 46.5 Å². The molecule has 0 aliphatic carbocycles. The lowest BCUT2D eigenvalue weighted by Crippen LogP contribution is -2.23. The first-order valence-electron chi connectivity index (χ1n) is 6.39. The Labute approximate surface area is 105 Å². The van der Waals surface area contributed by atoms with E-state index in [-0.39, 0.29) is 18.0 Å². The SMILES string of the molecule is CCC[C@H](/C=C/C(=O)OC(C)(C)C)[C@@H](O)CC. The molecule has 2 atom stereocenters. The van der Waals surface area contributed by atoms with Gasteiger partial charge in [-0.1, -0.05) is 26.3 Å². The molecule has 0 spiro atoms. The van der Waals surface area contributed by atoms with E-state index in [0.29, 0.717) is 6.42 Å². The van der Waals surface area contributed by atoms with Gasteiger partial charge in [0.2, 0.25) is 0 Å². The van der Waals surface area contributed by atoms with E-state index >= 15 is 0 Å². The number of hydrogen-bond donors (Lipinski definition) is 1. The highest BCUT2D eigenvalue weighted by Crippen LogP contribution is 2.16. The van der Waals surface area contributed by atoms with Crippen molar-refractivity contribution >= 4 is 5.97 Å². The zero-order valence-corrected chi connectivity index (χ0v) is 11.7. The third-order valence-corrected chi connectivity index (χ3v) is 2.42. The molecule has 0 fully saturated rings. The van der Waals surface area contributed by atoms with Crippen molar-refractivity contribution in [2.24, 2.45) is 5.92 Å². The van der Waals surface area contributed by atoms with Crippen molar-refractivity contribution in [2.45, 2.75) is 65.6 Å². The molecule has 0 amide bonds. The highest BCUT2D eigenvalue weighted by molar-refractivity contribution is 5.82. The van der Waals surface area contributed by atoms with Crippen molar-refractivity contribution in [2.75, 3.05) is 0 Å². The molecule has 0 radical (unpaired) electrons. The van der Waals surface area contributed by atoms with Gasteiger partial charge in [-0.2, -0.15) is 0 Å². The van der Waals surface area contributed by atoms with Crippen molar-refractivity contribution in [1.82, 2.24) is 0 Å². The number of ether oxygens (including phenoxy) is 1. The van der Waals surface area contributed by atoms with E-state index in [1.54, 1.807) is 6.08 Å². The minimum Gasteiger partial charge on any atom is -0.457 e. The van der Waals surface area contributed by atoms with Gasteiger partial charge in [0.15, 0.2) is 0 Å². The molecule has 0 unspecified atom stereocenters. The second kappa shape index (κ2) is 7.49. The monoisotopic (exact) mass is 242 g/mol. The van der Waals surface area contributed by atoms with E-state index in [4.69, 9.17) is 4.74 Å². The molecule has 17 heavy (non-hydrogen) atoms. The standard InChI is InChI=1S/C14H26O3/c1-6-8-11(12(15)7-2)9-10-13(16)17-14(3,4)5/h9-12,15H,6-8H2,1-5H3/b10-9+/t11-,12+/m1/s1. The summed E-state index contributed by atoms with van der Waals surface area (Å²) in [5.74, 6) is -0.306. The van der Waals surface area contributed by atoms with Gasteiger partial charge in [-0.05, 0) is 33.6 Å². The molecule has 3 heteroatoms.